The van der Waals surface area contributed by atoms with E-state index in [9.17, 15) is 13.2 Å². The maximum absolute atomic E-state index is 12.9. The number of hydrogen-bond donors (Lipinski definition) is 2. The first-order chi connectivity index (χ1) is 10.8. The van der Waals surface area contributed by atoms with Crippen LogP contribution >= 0.6 is 0 Å². The van der Waals surface area contributed by atoms with Crippen LogP contribution in [0, 0.1) is 0 Å². The molecule has 0 atom stereocenters. The predicted molar refractivity (Wildman–Crippen MR) is 76.3 cm³/mol. The molecule has 23 heavy (non-hydrogen) atoms. The van der Waals surface area contributed by atoms with Crippen molar-refractivity contribution in [1.29, 1.82) is 0 Å². The van der Waals surface area contributed by atoms with Crippen molar-refractivity contribution in [2.75, 3.05) is 7.05 Å². The molecule has 0 amide bonds. The highest BCUT2D eigenvalue weighted by molar-refractivity contribution is 5.79. The lowest BCUT2D eigenvalue weighted by atomic mass is 10.2. The number of halogens is 3. The average Bonchev–Trinajstić information content (AvgIpc) is 3.05. The lowest BCUT2D eigenvalue weighted by Gasteiger charge is -2.12. The molecular formula is C12H17F3N8. The Labute approximate surface area is 130 Å². The highest BCUT2D eigenvalue weighted by Crippen LogP contribution is 2.30. The van der Waals surface area contributed by atoms with Gasteiger partial charge in [0.2, 0.25) is 0 Å². The minimum absolute atomic E-state index is 0.0432. The molecule has 0 saturated carbocycles. The lowest BCUT2D eigenvalue weighted by molar-refractivity contribution is -0.142. The second kappa shape index (κ2) is 6.67. The Bertz CT molecular complexity index is 685. The molecule has 11 heteroatoms. The molecule has 0 aliphatic heterocycles. The topological polar surface area (TPSA) is 84.9 Å². The van der Waals surface area contributed by atoms with Gasteiger partial charge in [-0.1, -0.05) is 0 Å². The van der Waals surface area contributed by atoms with E-state index in [0.717, 1.165) is 4.68 Å². The second-order valence-electron chi connectivity index (χ2n) is 4.75. The fraction of sp³-hybridized carbons (Fsp3) is 0.500. The molecule has 0 bridgehead atoms. The summed E-state index contributed by atoms with van der Waals surface area (Å²) in [6, 6.07) is 0. The van der Waals surface area contributed by atoms with E-state index in [-0.39, 0.29) is 12.1 Å². The number of hydrogen-bond acceptors (Lipinski definition) is 4. The van der Waals surface area contributed by atoms with Crippen molar-refractivity contribution in [3.8, 4) is 0 Å². The number of guanidine groups is 1. The highest BCUT2D eigenvalue weighted by atomic mass is 19.4. The largest absolute Gasteiger partial charge is 0.435 e. The normalized spacial score (nSPS) is 12.5. The van der Waals surface area contributed by atoms with Crippen molar-refractivity contribution >= 4 is 5.96 Å². The van der Waals surface area contributed by atoms with Crippen LogP contribution in [0.3, 0.4) is 0 Å². The molecular weight excluding hydrogens is 313 g/mol. The van der Waals surface area contributed by atoms with E-state index in [1.165, 1.54) is 26.6 Å². The number of nitrogens with zero attached hydrogens (tertiary/aromatic N) is 6. The number of nitrogens with one attached hydrogen (secondary N) is 2. The van der Waals surface area contributed by atoms with Crippen molar-refractivity contribution in [1.82, 2.24) is 35.2 Å². The van der Waals surface area contributed by atoms with Gasteiger partial charge in [0.25, 0.3) is 0 Å². The van der Waals surface area contributed by atoms with E-state index in [4.69, 9.17) is 0 Å². The summed E-state index contributed by atoms with van der Waals surface area (Å²) in [5.74, 6) is 1.02. The van der Waals surface area contributed by atoms with Crippen molar-refractivity contribution in [2.45, 2.75) is 19.3 Å². The number of rotatable bonds is 4. The van der Waals surface area contributed by atoms with Crippen LogP contribution in [0.1, 0.15) is 17.1 Å². The third kappa shape index (κ3) is 4.20. The summed E-state index contributed by atoms with van der Waals surface area (Å²) in [6.07, 6.45) is -1.75. The molecule has 0 aliphatic carbocycles. The predicted octanol–water partition coefficient (Wildman–Crippen LogP) is 0.433. The van der Waals surface area contributed by atoms with Crippen molar-refractivity contribution in [2.24, 2.45) is 19.1 Å². The fourth-order valence-corrected chi connectivity index (χ4v) is 1.95. The Balaban J connectivity index is 1.98. The minimum atomic E-state index is -4.49. The van der Waals surface area contributed by atoms with E-state index in [1.807, 2.05) is 0 Å². The van der Waals surface area contributed by atoms with Crippen LogP contribution in [0.25, 0.3) is 0 Å². The monoisotopic (exact) mass is 330 g/mol. The Morgan fingerprint density at radius 2 is 1.96 bits per heavy atom. The molecule has 0 radical (unpaired) electrons. The van der Waals surface area contributed by atoms with Gasteiger partial charge in [0.15, 0.2) is 11.7 Å². The molecule has 2 aromatic rings. The summed E-state index contributed by atoms with van der Waals surface area (Å²) in [6.45, 7) is 0.288. The number of aromatic nitrogens is 5. The van der Waals surface area contributed by atoms with Crippen LogP contribution in [0.2, 0.25) is 0 Å². The Kier molecular flexibility index (Phi) is 4.86. The van der Waals surface area contributed by atoms with Gasteiger partial charge < -0.3 is 10.6 Å². The van der Waals surface area contributed by atoms with Gasteiger partial charge in [0.05, 0.1) is 6.54 Å². The maximum Gasteiger partial charge on any atom is 0.435 e. The van der Waals surface area contributed by atoms with Gasteiger partial charge in [-0.2, -0.15) is 23.4 Å². The first-order valence-corrected chi connectivity index (χ1v) is 6.68. The molecule has 2 N–H and O–H groups in total. The van der Waals surface area contributed by atoms with Crippen LogP contribution < -0.4 is 10.6 Å². The first-order valence-electron chi connectivity index (χ1n) is 6.68. The van der Waals surface area contributed by atoms with Crippen LogP contribution in [0.5, 0.6) is 0 Å². The third-order valence-electron chi connectivity index (χ3n) is 3.06. The van der Waals surface area contributed by atoms with Gasteiger partial charge in [-0.25, -0.2) is 4.98 Å². The minimum Gasteiger partial charge on any atom is -0.352 e. The molecule has 2 heterocycles. The second-order valence-corrected chi connectivity index (χ2v) is 4.75. The zero-order chi connectivity index (χ0) is 17.0. The van der Waals surface area contributed by atoms with Crippen LogP contribution in [-0.2, 0) is 33.4 Å². The molecule has 2 rings (SSSR count). The molecule has 0 unspecified atom stereocenters. The molecule has 0 spiro atoms. The summed E-state index contributed by atoms with van der Waals surface area (Å²) < 4.78 is 41.4. The van der Waals surface area contributed by atoms with Crippen LogP contribution in [0.4, 0.5) is 13.2 Å². The van der Waals surface area contributed by atoms with E-state index < -0.39 is 11.9 Å². The van der Waals surface area contributed by atoms with Gasteiger partial charge in [0.1, 0.15) is 12.2 Å². The molecule has 0 aliphatic rings. The average molecular weight is 330 g/mol. The lowest BCUT2D eigenvalue weighted by Crippen LogP contribution is -2.37. The van der Waals surface area contributed by atoms with Crippen molar-refractivity contribution in [3.63, 3.8) is 0 Å². The summed E-state index contributed by atoms with van der Waals surface area (Å²) >= 11 is 0. The smallest absolute Gasteiger partial charge is 0.352 e. The summed E-state index contributed by atoms with van der Waals surface area (Å²) in [7, 11) is 4.71. The molecule has 0 fully saturated rings. The number of aryl methyl sites for hydroxylation is 2. The summed E-state index contributed by atoms with van der Waals surface area (Å²) in [5, 5.41) is 13.2. The van der Waals surface area contributed by atoms with Gasteiger partial charge in [0, 0.05) is 39.4 Å². The maximum atomic E-state index is 12.9. The SMILES string of the molecule is CN=C(NCc1cn(C)nc1C(F)(F)F)NCc1ncnn1C. The first kappa shape index (κ1) is 16.8. The van der Waals surface area contributed by atoms with E-state index >= 15 is 0 Å². The third-order valence-corrected chi connectivity index (χ3v) is 3.06. The Morgan fingerprint density at radius 3 is 2.52 bits per heavy atom. The van der Waals surface area contributed by atoms with Crippen molar-refractivity contribution in [3.05, 3.63) is 29.6 Å². The Morgan fingerprint density at radius 1 is 1.26 bits per heavy atom. The van der Waals surface area contributed by atoms with Crippen molar-refractivity contribution < 1.29 is 13.2 Å². The molecule has 126 valence electrons. The van der Waals surface area contributed by atoms with Crippen LogP contribution in [0.15, 0.2) is 17.5 Å². The van der Waals surface area contributed by atoms with Gasteiger partial charge in [-0.3, -0.25) is 14.4 Å². The Hall–Kier alpha value is -2.59. The quantitative estimate of drug-likeness (QED) is 0.627. The fourth-order valence-electron chi connectivity index (χ4n) is 1.95. The summed E-state index contributed by atoms with van der Waals surface area (Å²) in [5.41, 5.74) is -0.863. The van der Waals surface area contributed by atoms with Gasteiger partial charge in [-0.15, -0.1) is 0 Å². The molecule has 2 aromatic heterocycles. The van der Waals surface area contributed by atoms with Gasteiger partial charge in [-0.05, 0) is 0 Å². The molecule has 0 aromatic carbocycles. The van der Waals surface area contributed by atoms with Gasteiger partial charge >= 0.3 is 6.18 Å². The highest BCUT2D eigenvalue weighted by Gasteiger charge is 2.36. The molecule has 8 nitrogen and oxygen atoms in total. The molecule has 0 saturated heterocycles. The van der Waals surface area contributed by atoms with E-state index in [1.54, 1.807) is 11.7 Å². The zero-order valence-corrected chi connectivity index (χ0v) is 12.9. The van der Waals surface area contributed by atoms with Crippen LogP contribution in [-0.4, -0.2) is 37.6 Å². The zero-order valence-electron chi connectivity index (χ0n) is 12.9. The standard InChI is InChI=1S/C12H17F3N8/c1-16-11(18-5-9-19-7-20-23(9)3)17-4-8-6-22(2)21-10(8)12(13,14)15/h6-7H,4-5H2,1-3H3,(H2,16,17,18). The number of aliphatic imine (C=N–C) groups is 1. The van der Waals surface area contributed by atoms with E-state index in [0.29, 0.717) is 18.3 Å². The van der Waals surface area contributed by atoms with E-state index in [2.05, 4.69) is 30.8 Å². The summed E-state index contributed by atoms with van der Waals surface area (Å²) in [4.78, 5) is 7.99. The number of alkyl halides is 3.